The van der Waals surface area contributed by atoms with Gasteiger partial charge < -0.3 is 14.1 Å². The lowest BCUT2D eigenvalue weighted by Crippen LogP contribution is -2.27. The number of hydrogen-bond donors (Lipinski definition) is 0. The van der Waals surface area contributed by atoms with Crippen molar-refractivity contribution in [3.05, 3.63) is 64.6 Å². The predicted octanol–water partition coefficient (Wildman–Crippen LogP) is 7.46. The first-order valence-corrected chi connectivity index (χ1v) is 12.6. The third-order valence-corrected chi connectivity index (χ3v) is 6.23. The smallest absolute Gasteiger partial charge is 0.209 e. The number of nitrogens with zero attached hydrogens (tertiary/aromatic N) is 1. The van der Waals surface area contributed by atoms with Crippen molar-refractivity contribution in [3.8, 4) is 5.75 Å². The number of rotatable bonds is 10. The van der Waals surface area contributed by atoms with E-state index in [1.165, 1.54) is 16.0 Å². The molecular formula is C31H45NO4. The van der Waals surface area contributed by atoms with E-state index in [1.54, 1.807) is 20.2 Å². The van der Waals surface area contributed by atoms with Crippen molar-refractivity contribution < 1.29 is 18.7 Å². The summed E-state index contributed by atoms with van der Waals surface area (Å²) in [6.45, 7) is 20.3. The molecule has 0 saturated heterocycles. The fourth-order valence-electron chi connectivity index (χ4n) is 3.86. The molecule has 1 aromatic heterocycles. The molecule has 0 N–H and O–H groups in total. The highest BCUT2D eigenvalue weighted by Gasteiger charge is 2.35. The monoisotopic (exact) mass is 495 g/mol. The molecule has 2 rings (SSSR count). The Morgan fingerprint density at radius 1 is 1.11 bits per heavy atom. The van der Waals surface area contributed by atoms with Crippen LogP contribution in [0.5, 0.6) is 5.75 Å². The van der Waals surface area contributed by atoms with Gasteiger partial charge in [-0.3, -0.25) is 9.59 Å². The predicted molar refractivity (Wildman–Crippen MR) is 150 cm³/mol. The molecule has 5 nitrogen and oxygen atoms in total. The van der Waals surface area contributed by atoms with Crippen LogP contribution in [0.15, 0.2) is 40.8 Å². The molecule has 0 fully saturated rings. The second kappa shape index (κ2) is 13.3. The van der Waals surface area contributed by atoms with E-state index in [0.29, 0.717) is 0 Å². The molecular weight excluding hydrogens is 450 g/mol. The van der Waals surface area contributed by atoms with Crippen molar-refractivity contribution in [3.63, 3.8) is 0 Å². The van der Waals surface area contributed by atoms with Crippen molar-refractivity contribution in [1.82, 2.24) is 4.90 Å². The first-order chi connectivity index (χ1) is 16.7. The molecule has 1 amide bonds. The van der Waals surface area contributed by atoms with Gasteiger partial charge in [0.15, 0.2) is 5.78 Å². The number of carbonyl (C=O) groups excluding carboxylic acids is 2. The molecule has 0 bridgehead atoms. The number of hydrogen-bond acceptors (Lipinski definition) is 4. The van der Waals surface area contributed by atoms with Crippen LogP contribution in [-0.2, 0) is 15.0 Å². The molecule has 5 heteroatoms. The van der Waals surface area contributed by atoms with Crippen LogP contribution in [0.1, 0.15) is 89.5 Å². The van der Waals surface area contributed by atoms with Gasteiger partial charge in [0, 0.05) is 25.1 Å². The number of furan rings is 1. The minimum atomic E-state index is -0.404. The first kappa shape index (κ1) is 31.0. The number of benzene rings is 1. The summed E-state index contributed by atoms with van der Waals surface area (Å²) in [5.74, 6) is 2.60. The molecule has 1 heterocycles. The molecule has 198 valence electrons. The molecule has 0 spiro atoms. The second-order valence-corrected chi connectivity index (χ2v) is 10.7. The highest BCUT2D eigenvalue weighted by Crippen LogP contribution is 2.42. The molecule has 1 aromatic carbocycles. The van der Waals surface area contributed by atoms with Crippen LogP contribution < -0.4 is 4.74 Å². The lowest BCUT2D eigenvalue weighted by molar-refractivity contribution is -0.128. The highest BCUT2D eigenvalue weighted by molar-refractivity contribution is 5.85. The number of carbonyl (C=O) groups is 2. The van der Waals surface area contributed by atoms with Gasteiger partial charge in [-0.2, -0.15) is 0 Å². The number of Topliss-reactive ketones (excluding diaryl/α,β-unsaturated/α-hetero) is 1. The number of allylic oxidation sites excluding steroid dienone is 1. The third kappa shape index (κ3) is 7.97. The Balaban J connectivity index is 0.00000118. The van der Waals surface area contributed by atoms with Gasteiger partial charge in [0.25, 0.3) is 0 Å². The van der Waals surface area contributed by atoms with Crippen LogP contribution in [0.4, 0.5) is 0 Å². The summed E-state index contributed by atoms with van der Waals surface area (Å²) in [6.07, 6.45) is 6.48. The van der Waals surface area contributed by atoms with Crippen molar-refractivity contribution >= 4 is 24.3 Å². The zero-order chi connectivity index (χ0) is 27.7. The van der Waals surface area contributed by atoms with Crippen molar-refractivity contribution in [1.29, 1.82) is 0 Å². The SMILES string of the molecule is C=Cc1oc(C(CC)(CC)c2ccc(OCC(=O)C(C)(C)C)c(C)c2)cc1C=C(C)C.CN(C)C=O. The molecule has 0 unspecified atom stereocenters. The Kier molecular flexibility index (Phi) is 11.4. The molecule has 36 heavy (non-hydrogen) atoms. The van der Waals surface area contributed by atoms with Gasteiger partial charge in [0.1, 0.15) is 23.9 Å². The second-order valence-electron chi connectivity index (χ2n) is 10.7. The van der Waals surface area contributed by atoms with Gasteiger partial charge in [-0.1, -0.05) is 65.0 Å². The van der Waals surface area contributed by atoms with Crippen LogP contribution in [0, 0.1) is 12.3 Å². The van der Waals surface area contributed by atoms with Crippen molar-refractivity contribution in [2.24, 2.45) is 5.41 Å². The summed E-state index contributed by atoms with van der Waals surface area (Å²) in [5.41, 5.74) is 3.85. The van der Waals surface area contributed by atoms with E-state index in [0.717, 1.165) is 47.6 Å². The first-order valence-electron chi connectivity index (χ1n) is 12.6. The van der Waals surface area contributed by atoms with Crippen LogP contribution in [-0.4, -0.2) is 37.8 Å². The van der Waals surface area contributed by atoms with E-state index in [4.69, 9.17) is 9.15 Å². The number of aryl methyl sites for hydroxylation is 1. The number of ether oxygens (including phenoxy) is 1. The normalized spacial score (nSPS) is 11.2. The zero-order valence-corrected chi connectivity index (χ0v) is 24.0. The quantitative estimate of drug-likeness (QED) is 0.321. The highest BCUT2D eigenvalue weighted by atomic mass is 16.5. The Hall–Kier alpha value is -3.08. The van der Waals surface area contributed by atoms with E-state index < -0.39 is 5.41 Å². The summed E-state index contributed by atoms with van der Waals surface area (Å²) in [6, 6.07) is 8.40. The van der Waals surface area contributed by atoms with Crippen molar-refractivity contribution in [2.45, 2.75) is 73.6 Å². The molecule has 0 atom stereocenters. The van der Waals surface area contributed by atoms with Crippen LogP contribution in [0.2, 0.25) is 0 Å². The van der Waals surface area contributed by atoms with Gasteiger partial charge in [0.05, 0.1) is 5.41 Å². The Bertz CT molecular complexity index is 1060. The lowest BCUT2D eigenvalue weighted by Gasteiger charge is -2.31. The molecule has 0 aliphatic carbocycles. The van der Waals surface area contributed by atoms with E-state index in [2.05, 4.69) is 58.5 Å². The standard InChI is InChI=1S/C28H38O3.C3H7NO/c1-10-23-21(15-19(4)5)17-26(31-23)28(11-2,12-3)22-13-14-24(20(6)16-22)30-18-25(29)27(7,8)9;1-4(2)3-5/h10,13-17H,1,11-12,18H2,2-9H3;3H,1-2H3. The summed E-state index contributed by atoms with van der Waals surface area (Å²) in [5, 5.41) is 0. The summed E-state index contributed by atoms with van der Waals surface area (Å²) >= 11 is 0. The topological polar surface area (TPSA) is 59.8 Å². The number of amides is 1. The lowest BCUT2D eigenvalue weighted by atomic mass is 9.73. The maximum absolute atomic E-state index is 12.2. The number of ketones is 1. The average Bonchev–Trinajstić information content (AvgIpc) is 3.21. The van der Waals surface area contributed by atoms with E-state index >= 15 is 0 Å². The molecule has 0 saturated carbocycles. The summed E-state index contributed by atoms with van der Waals surface area (Å²) < 4.78 is 12.2. The molecule has 0 aliphatic heterocycles. The van der Waals surface area contributed by atoms with Crippen LogP contribution >= 0.6 is 0 Å². The fraction of sp³-hybridized carbons (Fsp3) is 0.484. The molecule has 0 radical (unpaired) electrons. The largest absolute Gasteiger partial charge is 0.486 e. The van der Waals surface area contributed by atoms with Gasteiger partial charge in [-0.05, 0) is 62.9 Å². The average molecular weight is 496 g/mol. The van der Waals surface area contributed by atoms with E-state index in [9.17, 15) is 9.59 Å². The van der Waals surface area contributed by atoms with Gasteiger partial charge in [0.2, 0.25) is 6.41 Å². The minimum absolute atomic E-state index is 0.0866. The maximum Gasteiger partial charge on any atom is 0.209 e. The van der Waals surface area contributed by atoms with Crippen LogP contribution in [0.3, 0.4) is 0 Å². The van der Waals surface area contributed by atoms with Gasteiger partial charge in [-0.25, -0.2) is 0 Å². The molecule has 2 aromatic rings. The van der Waals surface area contributed by atoms with Gasteiger partial charge in [-0.15, -0.1) is 0 Å². The Morgan fingerprint density at radius 3 is 2.11 bits per heavy atom. The van der Waals surface area contributed by atoms with Crippen molar-refractivity contribution in [2.75, 3.05) is 20.7 Å². The summed E-state index contributed by atoms with van der Waals surface area (Å²) in [4.78, 5) is 23.1. The van der Waals surface area contributed by atoms with Crippen LogP contribution in [0.25, 0.3) is 12.2 Å². The fourth-order valence-corrected chi connectivity index (χ4v) is 3.86. The Labute approximate surface area is 218 Å². The Morgan fingerprint density at radius 2 is 1.69 bits per heavy atom. The zero-order valence-electron chi connectivity index (χ0n) is 24.0. The van der Waals surface area contributed by atoms with Gasteiger partial charge >= 0.3 is 0 Å². The van der Waals surface area contributed by atoms with E-state index in [1.807, 2.05) is 33.8 Å². The summed E-state index contributed by atoms with van der Waals surface area (Å²) in [7, 11) is 3.38. The maximum atomic E-state index is 12.2. The minimum Gasteiger partial charge on any atom is -0.486 e. The molecule has 0 aliphatic rings. The third-order valence-electron chi connectivity index (χ3n) is 6.23. The van der Waals surface area contributed by atoms with E-state index in [-0.39, 0.29) is 17.8 Å².